The van der Waals surface area contributed by atoms with Crippen LogP contribution in [-0.4, -0.2) is 45.3 Å². The van der Waals surface area contributed by atoms with Crippen LogP contribution in [0.15, 0.2) is 18.2 Å². The smallest absolute Gasteiger partial charge is 0.320 e. The molecule has 1 atom stereocenters. The van der Waals surface area contributed by atoms with Crippen molar-refractivity contribution in [3.05, 3.63) is 23.8 Å². The van der Waals surface area contributed by atoms with Crippen molar-refractivity contribution >= 4 is 5.97 Å². The highest BCUT2D eigenvalue weighted by Crippen LogP contribution is 2.24. The largest absolute Gasteiger partial charge is 0.508 e. The lowest BCUT2D eigenvalue weighted by Gasteiger charge is -2.21. The van der Waals surface area contributed by atoms with Gasteiger partial charge in [0.2, 0.25) is 0 Å². The Hall–Kier alpha value is -1.75. The molecule has 5 heteroatoms. The number of hydrogen-bond acceptors (Lipinski definition) is 4. The first kappa shape index (κ1) is 12.7. The molecule has 1 aromatic carbocycles. The van der Waals surface area contributed by atoms with E-state index >= 15 is 0 Å². The zero-order chi connectivity index (χ0) is 13.1. The van der Waals surface area contributed by atoms with Gasteiger partial charge in [-0.3, -0.25) is 9.69 Å². The van der Waals surface area contributed by atoms with E-state index in [-0.39, 0.29) is 11.5 Å². The molecule has 0 bridgehead atoms. The number of hydrogen-bond donors (Lipinski definition) is 3. The van der Waals surface area contributed by atoms with Crippen molar-refractivity contribution in [1.29, 1.82) is 0 Å². The van der Waals surface area contributed by atoms with E-state index in [9.17, 15) is 15.0 Å². The predicted molar refractivity (Wildman–Crippen MR) is 65.7 cm³/mol. The van der Waals surface area contributed by atoms with E-state index in [1.165, 1.54) is 18.2 Å². The molecule has 1 aliphatic rings. The van der Waals surface area contributed by atoms with Gasteiger partial charge in [0, 0.05) is 6.54 Å². The Bertz CT molecular complexity index is 447. The van der Waals surface area contributed by atoms with E-state index in [0.717, 1.165) is 13.0 Å². The fraction of sp³-hybridized carbons (Fsp3) is 0.462. The van der Waals surface area contributed by atoms with Gasteiger partial charge in [-0.2, -0.15) is 0 Å². The summed E-state index contributed by atoms with van der Waals surface area (Å²) in [5.41, 5.74) is 0.644. The number of benzene rings is 1. The van der Waals surface area contributed by atoms with Gasteiger partial charge < -0.3 is 15.3 Å². The first-order valence-corrected chi connectivity index (χ1v) is 6.05. The van der Waals surface area contributed by atoms with Crippen LogP contribution in [0, 0.1) is 0 Å². The van der Waals surface area contributed by atoms with Crippen LogP contribution in [0.4, 0.5) is 0 Å². The normalized spacial score (nSPS) is 20.1. The summed E-state index contributed by atoms with van der Waals surface area (Å²) in [6, 6.07) is 3.98. The van der Waals surface area contributed by atoms with Crippen molar-refractivity contribution in [2.45, 2.75) is 25.3 Å². The second-order valence-corrected chi connectivity index (χ2v) is 4.60. The molecule has 3 N–H and O–H groups in total. The number of phenolic OH excluding ortho intramolecular Hbond substituents is 2. The van der Waals surface area contributed by atoms with Gasteiger partial charge in [0.25, 0.3) is 0 Å². The summed E-state index contributed by atoms with van der Waals surface area (Å²) in [5.74, 6) is -0.537. The van der Waals surface area contributed by atoms with Crippen molar-refractivity contribution in [1.82, 2.24) is 4.90 Å². The van der Waals surface area contributed by atoms with Crippen LogP contribution < -0.4 is 0 Å². The van der Waals surface area contributed by atoms with Crippen molar-refractivity contribution < 1.29 is 20.1 Å². The van der Waals surface area contributed by atoms with Gasteiger partial charge in [-0.15, -0.1) is 0 Å². The second kappa shape index (κ2) is 5.27. The number of carboxylic acid groups (broad SMARTS) is 1. The number of rotatable bonds is 4. The molecule has 5 nitrogen and oxygen atoms in total. The SMILES string of the molecule is O=C(O)[C@@H]1CCCN1CCc1cc(O)ccc1O. The zero-order valence-electron chi connectivity index (χ0n) is 10.0. The summed E-state index contributed by atoms with van der Waals surface area (Å²) in [4.78, 5) is 12.9. The number of carbonyl (C=O) groups is 1. The number of aromatic hydroxyl groups is 2. The van der Waals surface area contributed by atoms with E-state index in [2.05, 4.69) is 0 Å². The molecule has 0 aromatic heterocycles. The van der Waals surface area contributed by atoms with Crippen molar-refractivity contribution in [3.8, 4) is 11.5 Å². The second-order valence-electron chi connectivity index (χ2n) is 4.60. The number of carboxylic acids is 1. The maximum Gasteiger partial charge on any atom is 0.320 e. The first-order chi connectivity index (χ1) is 8.58. The van der Waals surface area contributed by atoms with Crippen LogP contribution in [0.2, 0.25) is 0 Å². The molecule has 98 valence electrons. The molecular formula is C13H17NO4. The third kappa shape index (κ3) is 2.73. The minimum atomic E-state index is -0.785. The van der Waals surface area contributed by atoms with E-state index in [1.807, 2.05) is 4.90 Å². The molecule has 1 saturated heterocycles. The van der Waals surface area contributed by atoms with Gasteiger partial charge in [0.1, 0.15) is 17.5 Å². The average molecular weight is 251 g/mol. The lowest BCUT2D eigenvalue weighted by molar-refractivity contribution is -0.142. The molecule has 1 heterocycles. The highest BCUT2D eigenvalue weighted by molar-refractivity contribution is 5.73. The van der Waals surface area contributed by atoms with Crippen LogP contribution >= 0.6 is 0 Å². The molecule has 0 spiro atoms. The molecule has 2 rings (SSSR count). The predicted octanol–water partition coefficient (Wildman–Crippen LogP) is 1.19. The Morgan fingerprint density at radius 1 is 1.39 bits per heavy atom. The summed E-state index contributed by atoms with van der Waals surface area (Å²) in [6.45, 7) is 1.35. The molecule has 0 amide bonds. The number of aliphatic carboxylic acids is 1. The third-order valence-corrected chi connectivity index (χ3v) is 3.38. The summed E-state index contributed by atoms with van der Waals surface area (Å²) >= 11 is 0. The van der Waals surface area contributed by atoms with Gasteiger partial charge in [-0.1, -0.05) is 0 Å². The molecular weight excluding hydrogens is 234 g/mol. The highest BCUT2D eigenvalue weighted by atomic mass is 16.4. The molecule has 1 aliphatic heterocycles. The van der Waals surface area contributed by atoms with Crippen LogP contribution in [-0.2, 0) is 11.2 Å². The Morgan fingerprint density at radius 2 is 2.17 bits per heavy atom. The van der Waals surface area contributed by atoms with Crippen LogP contribution in [0.1, 0.15) is 18.4 Å². The zero-order valence-corrected chi connectivity index (χ0v) is 10.0. The number of nitrogens with zero attached hydrogens (tertiary/aromatic N) is 1. The van der Waals surface area contributed by atoms with Gasteiger partial charge in [0.05, 0.1) is 0 Å². The monoisotopic (exact) mass is 251 g/mol. The fourth-order valence-corrected chi connectivity index (χ4v) is 2.41. The Labute approximate surface area is 105 Å². The van der Waals surface area contributed by atoms with Crippen molar-refractivity contribution in [3.63, 3.8) is 0 Å². The van der Waals surface area contributed by atoms with E-state index < -0.39 is 12.0 Å². The Morgan fingerprint density at radius 3 is 2.89 bits per heavy atom. The maximum atomic E-state index is 11.0. The molecule has 1 fully saturated rings. The minimum absolute atomic E-state index is 0.110. The number of phenols is 2. The quantitative estimate of drug-likeness (QED) is 0.700. The lowest BCUT2D eigenvalue weighted by atomic mass is 10.1. The third-order valence-electron chi connectivity index (χ3n) is 3.38. The molecule has 0 unspecified atom stereocenters. The van der Waals surface area contributed by atoms with Crippen LogP contribution in [0.5, 0.6) is 11.5 Å². The summed E-state index contributed by atoms with van der Waals surface area (Å²) in [5, 5.41) is 28.0. The van der Waals surface area contributed by atoms with E-state index in [0.29, 0.717) is 24.9 Å². The van der Waals surface area contributed by atoms with Crippen LogP contribution in [0.25, 0.3) is 0 Å². The van der Waals surface area contributed by atoms with Crippen LogP contribution in [0.3, 0.4) is 0 Å². The number of likely N-dealkylation sites (tertiary alicyclic amines) is 1. The molecule has 0 saturated carbocycles. The Kier molecular flexibility index (Phi) is 3.72. The van der Waals surface area contributed by atoms with Gasteiger partial charge in [-0.25, -0.2) is 0 Å². The fourth-order valence-electron chi connectivity index (χ4n) is 2.41. The van der Waals surface area contributed by atoms with Gasteiger partial charge in [-0.05, 0) is 49.6 Å². The summed E-state index contributed by atoms with van der Waals surface area (Å²) in [7, 11) is 0. The molecule has 1 aromatic rings. The highest BCUT2D eigenvalue weighted by Gasteiger charge is 2.29. The summed E-state index contributed by atoms with van der Waals surface area (Å²) in [6.07, 6.45) is 2.11. The van der Waals surface area contributed by atoms with Gasteiger partial charge >= 0.3 is 5.97 Å². The molecule has 0 aliphatic carbocycles. The van der Waals surface area contributed by atoms with Gasteiger partial charge in [0.15, 0.2) is 0 Å². The molecule has 18 heavy (non-hydrogen) atoms. The van der Waals surface area contributed by atoms with Crippen molar-refractivity contribution in [2.24, 2.45) is 0 Å². The minimum Gasteiger partial charge on any atom is -0.508 e. The topological polar surface area (TPSA) is 81.0 Å². The van der Waals surface area contributed by atoms with E-state index in [4.69, 9.17) is 5.11 Å². The molecule has 0 radical (unpaired) electrons. The van der Waals surface area contributed by atoms with Crippen molar-refractivity contribution in [2.75, 3.05) is 13.1 Å². The Balaban J connectivity index is 1.99. The van der Waals surface area contributed by atoms with E-state index in [1.54, 1.807) is 0 Å². The first-order valence-electron chi connectivity index (χ1n) is 6.05. The average Bonchev–Trinajstić information content (AvgIpc) is 2.79. The maximum absolute atomic E-state index is 11.0. The standard InChI is InChI=1S/C13H17NO4/c15-10-3-4-12(16)9(8-10)5-7-14-6-1-2-11(14)13(17)18/h3-4,8,11,15-16H,1-2,5-7H2,(H,17,18)/t11-/m0/s1. The lowest BCUT2D eigenvalue weighted by Crippen LogP contribution is -2.37. The summed E-state index contributed by atoms with van der Waals surface area (Å²) < 4.78 is 0.